The van der Waals surface area contributed by atoms with Crippen molar-refractivity contribution >= 4 is 11.8 Å². The summed E-state index contributed by atoms with van der Waals surface area (Å²) in [5.74, 6) is 0.567. The molecule has 2 N–H and O–H groups in total. The third-order valence-corrected chi connectivity index (χ3v) is 3.67. The number of thioether (sulfide) groups is 1. The van der Waals surface area contributed by atoms with Gasteiger partial charge in [0.2, 0.25) is 0 Å². The SMILES string of the molecule is OCC(CSc1cccc(F)c1)NC1CC1. The summed E-state index contributed by atoms with van der Waals surface area (Å²) < 4.78 is 12.9. The number of halogens is 1. The summed E-state index contributed by atoms with van der Waals surface area (Å²) in [6.07, 6.45) is 2.42. The van der Waals surface area contributed by atoms with Crippen LogP contribution in [0.5, 0.6) is 0 Å². The lowest BCUT2D eigenvalue weighted by Gasteiger charge is -2.15. The Labute approximate surface area is 99.2 Å². The highest BCUT2D eigenvalue weighted by Gasteiger charge is 2.24. The lowest BCUT2D eigenvalue weighted by atomic mass is 10.3. The summed E-state index contributed by atoms with van der Waals surface area (Å²) in [5.41, 5.74) is 0. The van der Waals surface area contributed by atoms with Crippen molar-refractivity contribution in [3.8, 4) is 0 Å². The van der Waals surface area contributed by atoms with Crippen LogP contribution in [-0.2, 0) is 0 Å². The lowest BCUT2D eigenvalue weighted by Crippen LogP contribution is -2.36. The fraction of sp³-hybridized carbons (Fsp3) is 0.500. The van der Waals surface area contributed by atoms with Crippen LogP contribution in [0.2, 0.25) is 0 Å². The van der Waals surface area contributed by atoms with Crippen LogP contribution in [0.4, 0.5) is 4.39 Å². The highest BCUT2D eigenvalue weighted by molar-refractivity contribution is 7.99. The van der Waals surface area contributed by atoms with Crippen molar-refractivity contribution in [3.63, 3.8) is 0 Å². The average molecular weight is 241 g/mol. The zero-order chi connectivity index (χ0) is 11.4. The van der Waals surface area contributed by atoms with Gasteiger partial charge in [0.1, 0.15) is 5.82 Å². The first-order valence-corrected chi connectivity index (χ1v) is 6.52. The van der Waals surface area contributed by atoms with Gasteiger partial charge in [-0.3, -0.25) is 0 Å². The van der Waals surface area contributed by atoms with Crippen LogP contribution in [0.15, 0.2) is 29.2 Å². The van der Waals surface area contributed by atoms with Gasteiger partial charge in [-0.1, -0.05) is 6.07 Å². The van der Waals surface area contributed by atoms with Crippen LogP contribution >= 0.6 is 11.8 Å². The van der Waals surface area contributed by atoms with Crippen molar-refractivity contribution in [2.75, 3.05) is 12.4 Å². The normalized spacial score (nSPS) is 17.4. The Kier molecular flexibility index (Phi) is 4.21. The molecule has 2 rings (SSSR count). The number of hydrogen-bond donors (Lipinski definition) is 2. The van der Waals surface area contributed by atoms with E-state index in [0.717, 1.165) is 10.6 Å². The van der Waals surface area contributed by atoms with E-state index in [1.807, 2.05) is 6.07 Å². The van der Waals surface area contributed by atoms with Gasteiger partial charge in [-0.15, -0.1) is 11.8 Å². The Balaban J connectivity index is 1.80. The van der Waals surface area contributed by atoms with Gasteiger partial charge >= 0.3 is 0 Å². The van der Waals surface area contributed by atoms with E-state index in [-0.39, 0.29) is 18.5 Å². The number of hydrogen-bond acceptors (Lipinski definition) is 3. The predicted molar refractivity (Wildman–Crippen MR) is 64.2 cm³/mol. The monoisotopic (exact) mass is 241 g/mol. The molecule has 0 heterocycles. The zero-order valence-corrected chi connectivity index (χ0v) is 9.84. The van der Waals surface area contributed by atoms with Crippen LogP contribution in [0.1, 0.15) is 12.8 Å². The number of rotatable bonds is 6. The summed E-state index contributed by atoms with van der Waals surface area (Å²) in [6, 6.07) is 7.26. The smallest absolute Gasteiger partial charge is 0.124 e. The minimum atomic E-state index is -0.208. The minimum absolute atomic E-state index is 0.112. The molecule has 1 fully saturated rings. The molecule has 1 saturated carbocycles. The molecule has 1 aromatic carbocycles. The molecule has 1 aromatic rings. The third kappa shape index (κ3) is 3.77. The molecule has 0 aromatic heterocycles. The van der Waals surface area contributed by atoms with Crippen LogP contribution in [-0.4, -0.2) is 29.5 Å². The number of aliphatic hydroxyl groups excluding tert-OH is 1. The van der Waals surface area contributed by atoms with Gasteiger partial charge in [0, 0.05) is 22.7 Å². The summed E-state index contributed by atoms with van der Waals surface area (Å²) in [6.45, 7) is 0.138. The van der Waals surface area contributed by atoms with Crippen LogP contribution < -0.4 is 5.32 Å². The molecule has 16 heavy (non-hydrogen) atoms. The summed E-state index contributed by atoms with van der Waals surface area (Å²) in [7, 11) is 0. The van der Waals surface area contributed by atoms with Gasteiger partial charge in [0.05, 0.1) is 6.61 Å². The van der Waals surface area contributed by atoms with Gasteiger partial charge < -0.3 is 10.4 Å². The fourth-order valence-electron chi connectivity index (χ4n) is 1.49. The Morgan fingerprint density at radius 2 is 2.31 bits per heavy atom. The molecule has 1 unspecified atom stereocenters. The maximum absolute atomic E-state index is 12.9. The third-order valence-electron chi connectivity index (χ3n) is 2.52. The van der Waals surface area contributed by atoms with Gasteiger partial charge in [0.25, 0.3) is 0 Å². The largest absolute Gasteiger partial charge is 0.395 e. The number of nitrogens with one attached hydrogen (secondary N) is 1. The van der Waals surface area contributed by atoms with Crippen molar-refractivity contribution in [3.05, 3.63) is 30.1 Å². The maximum Gasteiger partial charge on any atom is 0.124 e. The molecule has 0 radical (unpaired) electrons. The van der Waals surface area contributed by atoms with E-state index in [1.54, 1.807) is 17.8 Å². The van der Waals surface area contributed by atoms with E-state index in [2.05, 4.69) is 5.32 Å². The number of aliphatic hydroxyl groups is 1. The van der Waals surface area contributed by atoms with Gasteiger partial charge in [-0.05, 0) is 31.0 Å². The van der Waals surface area contributed by atoms with E-state index in [1.165, 1.54) is 25.0 Å². The summed E-state index contributed by atoms with van der Waals surface area (Å²) >= 11 is 1.57. The predicted octanol–water partition coefficient (Wildman–Crippen LogP) is 2.03. The van der Waals surface area contributed by atoms with Crippen LogP contribution in [0.3, 0.4) is 0 Å². The molecule has 0 aliphatic heterocycles. The quantitative estimate of drug-likeness (QED) is 0.747. The molecule has 88 valence electrons. The second-order valence-corrected chi connectivity index (χ2v) is 5.18. The van der Waals surface area contributed by atoms with Crippen LogP contribution in [0.25, 0.3) is 0 Å². The Morgan fingerprint density at radius 1 is 1.50 bits per heavy atom. The average Bonchev–Trinajstić information content (AvgIpc) is 3.08. The standard InChI is InChI=1S/C12H16FNOS/c13-9-2-1-3-12(6-9)16-8-11(7-15)14-10-4-5-10/h1-3,6,10-11,14-15H,4-5,7-8H2. The van der Waals surface area contributed by atoms with Crippen LogP contribution in [0, 0.1) is 5.82 Å². The first-order valence-electron chi connectivity index (χ1n) is 5.53. The molecule has 1 aliphatic rings. The van der Waals surface area contributed by atoms with Gasteiger partial charge in [0.15, 0.2) is 0 Å². The van der Waals surface area contributed by atoms with Crippen molar-refractivity contribution in [2.24, 2.45) is 0 Å². The van der Waals surface area contributed by atoms with Crippen molar-refractivity contribution in [2.45, 2.75) is 29.8 Å². The Hall–Kier alpha value is -0.580. The zero-order valence-electron chi connectivity index (χ0n) is 9.03. The molecular formula is C12H16FNOS. The highest BCUT2D eigenvalue weighted by atomic mass is 32.2. The molecule has 0 saturated heterocycles. The number of benzene rings is 1. The first kappa shape index (κ1) is 11.9. The maximum atomic E-state index is 12.9. The molecule has 0 bridgehead atoms. The van der Waals surface area contributed by atoms with E-state index >= 15 is 0 Å². The van der Waals surface area contributed by atoms with Gasteiger partial charge in [-0.2, -0.15) is 0 Å². The topological polar surface area (TPSA) is 32.3 Å². The molecule has 4 heteroatoms. The fourth-order valence-corrected chi connectivity index (χ4v) is 2.46. The molecular weight excluding hydrogens is 225 g/mol. The highest BCUT2D eigenvalue weighted by Crippen LogP contribution is 2.23. The van der Waals surface area contributed by atoms with Crippen molar-refractivity contribution in [1.82, 2.24) is 5.32 Å². The second kappa shape index (κ2) is 5.66. The van der Waals surface area contributed by atoms with E-state index in [0.29, 0.717) is 6.04 Å². The van der Waals surface area contributed by atoms with E-state index < -0.39 is 0 Å². The van der Waals surface area contributed by atoms with Gasteiger partial charge in [-0.25, -0.2) is 4.39 Å². The molecule has 2 nitrogen and oxygen atoms in total. The summed E-state index contributed by atoms with van der Waals surface area (Å²) in [4.78, 5) is 0.913. The first-order chi connectivity index (χ1) is 7.78. The Morgan fingerprint density at radius 3 is 2.94 bits per heavy atom. The Bertz CT molecular complexity index is 344. The van der Waals surface area contributed by atoms with Crippen molar-refractivity contribution in [1.29, 1.82) is 0 Å². The summed E-state index contributed by atoms with van der Waals surface area (Å²) in [5, 5.41) is 12.5. The van der Waals surface area contributed by atoms with Crippen molar-refractivity contribution < 1.29 is 9.50 Å². The lowest BCUT2D eigenvalue weighted by molar-refractivity contribution is 0.253. The molecule has 1 aliphatic carbocycles. The molecule has 1 atom stereocenters. The second-order valence-electron chi connectivity index (χ2n) is 4.09. The molecule has 0 amide bonds. The van der Waals surface area contributed by atoms with E-state index in [4.69, 9.17) is 0 Å². The van der Waals surface area contributed by atoms with E-state index in [9.17, 15) is 9.50 Å². The molecule has 0 spiro atoms. The minimum Gasteiger partial charge on any atom is -0.395 e.